The van der Waals surface area contributed by atoms with Crippen LogP contribution in [0.15, 0.2) is 64.2 Å². The SMILES string of the molecule is Cn1c(=O)oc2ccc(CNC(=O)c3cc(C(=O)NCc4ccncc4)n4ncc(F)c4n3)cc21. The largest absolute Gasteiger partial charge is 0.419 e. The number of halogens is 1. The van der Waals surface area contributed by atoms with Crippen molar-refractivity contribution in [3.05, 3.63) is 93.9 Å². The predicted octanol–water partition coefficient (Wildman–Crippen LogP) is 1.57. The third-order valence-electron chi connectivity index (χ3n) is 5.41. The molecule has 4 aromatic heterocycles. The number of carbonyl (C=O) groups is 2. The molecule has 5 aromatic rings. The second-order valence-electron chi connectivity index (χ2n) is 7.70. The first-order valence-corrected chi connectivity index (χ1v) is 10.5. The van der Waals surface area contributed by atoms with Crippen LogP contribution in [0.25, 0.3) is 16.7 Å². The van der Waals surface area contributed by atoms with Crippen LogP contribution < -0.4 is 16.4 Å². The zero-order chi connectivity index (χ0) is 24.5. The fourth-order valence-corrected chi connectivity index (χ4v) is 3.54. The number of nitrogens with one attached hydrogen (secondary N) is 2. The summed E-state index contributed by atoms with van der Waals surface area (Å²) in [5, 5.41) is 9.28. The van der Waals surface area contributed by atoms with Gasteiger partial charge < -0.3 is 15.1 Å². The van der Waals surface area contributed by atoms with Crippen molar-refractivity contribution in [2.45, 2.75) is 13.1 Å². The summed E-state index contributed by atoms with van der Waals surface area (Å²) in [5.41, 5.74) is 2.08. The van der Waals surface area contributed by atoms with Gasteiger partial charge in [-0.25, -0.2) is 18.7 Å². The minimum Gasteiger partial charge on any atom is -0.408 e. The summed E-state index contributed by atoms with van der Waals surface area (Å²) < 4.78 is 21.8. The topological polar surface area (TPSA) is 136 Å². The van der Waals surface area contributed by atoms with Gasteiger partial charge >= 0.3 is 5.76 Å². The molecule has 11 nitrogen and oxygen atoms in total. The molecule has 0 spiro atoms. The Bertz CT molecular complexity index is 1640. The lowest BCUT2D eigenvalue weighted by atomic mass is 10.2. The number of rotatable bonds is 6. The molecule has 5 rings (SSSR count). The first kappa shape index (κ1) is 21.9. The highest BCUT2D eigenvalue weighted by molar-refractivity contribution is 5.98. The molecule has 2 N–H and O–H groups in total. The number of aromatic nitrogens is 5. The van der Waals surface area contributed by atoms with Gasteiger partial charge in [-0.15, -0.1) is 0 Å². The highest BCUT2D eigenvalue weighted by atomic mass is 19.1. The van der Waals surface area contributed by atoms with E-state index < -0.39 is 23.4 Å². The fraction of sp³-hybridized carbons (Fsp3) is 0.130. The van der Waals surface area contributed by atoms with Crippen molar-refractivity contribution in [1.82, 2.24) is 34.8 Å². The Morgan fingerprint density at radius 1 is 1.03 bits per heavy atom. The number of aryl methyl sites for hydroxylation is 1. The van der Waals surface area contributed by atoms with Crippen molar-refractivity contribution in [2.75, 3.05) is 0 Å². The van der Waals surface area contributed by atoms with Gasteiger partial charge in [0.1, 0.15) is 11.4 Å². The van der Waals surface area contributed by atoms with Crippen LogP contribution in [0.1, 0.15) is 32.1 Å². The fourth-order valence-electron chi connectivity index (χ4n) is 3.54. The van der Waals surface area contributed by atoms with Crippen LogP contribution in [-0.4, -0.2) is 36.0 Å². The second kappa shape index (κ2) is 8.82. The molecule has 0 bridgehead atoms. The third-order valence-corrected chi connectivity index (χ3v) is 5.41. The van der Waals surface area contributed by atoms with Crippen LogP contribution in [0.2, 0.25) is 0 Å². The zero-order valence-corrected chi connectivity index (χ0v) is 18.4. The molecule has 0 aliphatic rings. The maximum Gasteiger partial charge on any atom is 0.419 e. The molecule has 2 amide bonds. The number of pyridine rings is 1. The zero-order valence-electron chi connectivity index (χ0n) is 18.4. The first-order valence-electron chi connectivity index (χ1n) is 10.5. The van der Waals surface area contributed by atoms with Crippen LogP contribution in [0.3, 0.4) is 0 Å². The van der Waals surface area contributed by atoms with E-state index in [0.29, 0.717) is 16.7 Å². The van der Waals surface area contributed by atoms with Gasteiger partial charge in [-0.1, -0.05) is 6.07 Å². The molecule has 0 atom stereocenters. The molecule has 0 radical (unpaired) electrons. The molecule has 0 aliphatic heterocycles. The van der Waals surface area contributed by atoms with Gasteiger partial charge in [-0.05, 0) is 35.4 Å². The summed E-state index contributed by atoms with van der Waals surface area (Å²) in [4.78, 5) is 45.3. The van der Waals surface area contributed by atoms with Gasteiger partial charge in [0.05, 0.1) is 11.7 Å². The molecule has 0 unspecified atom stereocenters. The van der Waals surface area contributed by atoms with Gasteiger partial charge in [0.2, 0.25) is 0 Å². The van der Waals surface area contributed by atoms with Crippen molar-refractivity contribution >= 4 is 28.6 Å². The molecular weight excluding hydrogens is 457 g/mol. The number of benzene rings is 1. The monoisotopic (exact) mass is 475 g/mol. The number of oxazole rings is 1. The number of amides is 2. The normalized spacial score (nSPS) is 11.1. The second-order valence-corrected chi connectivity index (χ2v) is 7.70. The summed E-state index contributed by atoms with van der Waals surface area (Å²) >= 11 is 0. The molecule has 0 aliphatic carbocycles. The van der Waals surface area contributed by atoms with Crippen LogP contribution >= 0.6 is 0 Å². The summed E-state index contributed by atoms with van der Waals surface area (Å²) in [6, 6.07) is 9.79. The molecule has 0 saturated carbocycles. The van der Waals surface area contributed by atoms with Gasteiger partial charge in [-0.3, -0.25) is 19.1 Å². The van der Waals surface area contributed by atoms with E-state index in [2.05, 4.69) is 25.7 Å². The number of carbonyl (C=O) groups excluding carboxylic acids is 2. The minimum atomic E-state index is -0.769. The van der Waals surface area contributed by atoms with E-state index in [4.69, 9.17) is 4.42 Å². The maximum atomic E-state index is 14.3. The lowest BCUT2D eigenvalue weighted by Crippen LogP contribution is -2.28. The maximum absolute atomic E-state index is 14.3. The molecule has 35 heavy (non-hydrogen) atoms. The highest BCUT2D eigenvalue weighted by Gasteiger charge is 2.20. The van der Waals surface area contributed by atoms with E-state index in [9.17, 15) is 18.8 Å². The summed E-state index contributed by atoms with van der Waals surface area (Å²) in [6.45, 7) is 0.307. The van der Waals surface area contributed by atoms with Gasteiger partial charge in [0.25, 0.3) is 11.8 Å². The van der Waals surface area contributed by atoms with Crippen molar-refractivity contribution in [3.63, 3.8) is 0 Å². The molecule has 4 heterocycles. The first-order chi connectivity index (χ1) is 16.9. The summed E-state index contributed by atoms with van der Waals surface area (Å²) in [5.74, 6) is -2.43. The average molecular weight is 475 g/mol. The van der Waals surface area contributed by atoms with E-state index in [0.717, 1.165) is 16.3 Å². The highest BCUT2D eigenvalue weighted by Crippen LogP contribution is 2.15. The molecule has 12 heteroatoms. The third kappa shape index (κ3) is 4.24. The lowest BCUT2D eigenvalue weighted by Gasteiger charge is -2.10. The van der Waals surface area contributed by atoms with Crippen molar-refractivity contribution in [1.29, 1.82) is 0 Å². The van der Waals surface area contributed by atoms with E-state index in [-0.39, 0.29) is 30.1 Å². The number of nitrogens with zero attached hydrogens (tertiary/aromatic N) is 5. The van der Waals surface area contributed by atoms with Gasteiger partial charge in [0.15, 0.2) is 17.0 Å². The van der Waals surface area contributed by atoms with Gasteiger partial charge in [0, 0.05) is 38.6 Å². The number of hydrogen-bond donors (Lipinski definition) is 2. The number of hydrogen-bond acceptors (Lipinski definition) is 7. The van der Waals surface area contributed by atoms with E-state index in [1.54, 1.807) is 49.8 Å². The Hall–Kier alpha value is -4.87. The quantitative estimate of drug-likeness (QED) is 0.380. The minimum absolute atomic E-state index is 0.0482. The van der Waals surface area contributed by atoms with Crippen molar-refractivity contribution in [2.24, 2.45) is 7.05 Å². The van der Waals surface area contributed by atoms with Crippen molar-refractivity contribution in [3.8, 4) is 0 Å². The lowest BCUT2D eigenvalue weighted by molar-refractivity contribution is 0.0942. The molecular formula is C23H18FN7O4. The van der Waals surface area contributed by atoms with E-state index in [1.807, 2.05) is 0 Å². The molecule has 1 aromatic carbocycles. The molecule has 0 saturated heterocycles. The van der Waals surface area contributed by atoms with Gasteiger partial charge in [-0.2, -0.15) is 5.10 Å². The Balaban J connectivity index is 1.38. The Kier molecular flexibility index (Phi) is 5.53. The van der Waals surface area contributed by atoms with Crippen LogP contribution in [0.4, 0.5) is 4.39 Å². The summed E-state index contributed by atoms with van der Waals surface area (Å²) in [6.07, 6.45) is 4.12. The van der Waals surface area contributed by atoms with E-state index >= 15 is 0 Å². The molecule has 176 valence electrons. The van der Waals surface area contributed by atoms with Crippen LogP contribution in [0, 0.1) is 5.82 Å². The smallest absolute Gasteiger partial charge is 0.408 e. The predicted molar refractivity (Wildman–Crippen MR) is 121 cm³/mol. The average Bonchev–Trinajstić information content (AvgIpc) is 3.39. The van der Waals surface area contributed by atoms with Crippen LogP contribution in [-0.2, 0) is 20.1 Å². The Morgan fingerprint density at radius 2 is 1.77 bits per heavy atom. The molecule has 0 fully saturated rings. The summed E-state index contributed by atoms with van der Waals surface area (Å²) in [7, 11) is 1.58. The Morgan fingerprint density at radius 3 is 2.57 bits per heavy atom. The Labute approximate surface area is 196 Å². The standard InChI is InChI=1S/C23H18FN7O4/c1-30-17-8-14(2-3-19(17)35-23(30)34)11-26-21(32)16-9-18(31-20(29-16)15(24)12-28-31)22(33)27-10-13-4-6-25-7-5-13/h2-9,12H,10-11H2,1H3,(H,26,32)(H,27,33). The van der Waals surface area contributed by atoms with Crippen molar-refractivity contribution < 1.29 is 18.4 Å². The number of fused-ring (bicyclic) bond motifs is 2. The van der Waals surface area contributed by atoms with Crippen LogP contribution in [0.5, 0.6) is 0 Å². The van der Waals surface area contributed by atoms with E-state index in [1.165, 1.54) is 10.6 Å².